The maximum absolute atomic E-state index is 11.4. The monoisotopic (exact) mass is 341 g/mol. The summed E-state index contributed by atoms with van der Waals surface area (Å²) in [4.78, 5) is 22.1. The van der Waals surface area contributed by atoms with Gasteiger partial charge in [0.15, 0.2) is 6.61 Å². The third-order valence-corrected chi connectivity index (χ3v) is 4.35. The lowest BCUT2D eigenvalue weighted by molar-refractivity contribution is -0.385. The van der Waals surface area contributed by atoms with Crippen LogP contribution in [0.15, 0.2) is 36.4 Å². The average molecular weight is 341 g/mol. The van der Waals surface area contributed by atoms with E-state index in [2.05, 4.69) is 10.6 Å². The predicted molar refractivity (Wildman–Crippen MR) is 93.7 cm³/mol. The summed E-state index contributed by atoms with van der Waals surface area (Å²) in [6.07, 6.45) is 0. The average Bonchev–Trinajstić information content (AvgIpc) is 2.59. The Bertz CT molecular complexity index is 835. The first kappa shape index (κ1) is 16.9. The molecule has 1 amide bonds. The van der Waals surface area contributed by atoms with Crippen molar-refractivity contribution in [3.05, 3.63) is 63.2 Å². The number of carbonyl (C=O) groups is 1. The Morgan fingerprint density at radius 3 is 2.92 bits per heavy atom. The van der Waals surface area contributed by atoms with Crippen LogP contribution in [0.2, 0.25) is 0 Å². The molecule has 0 spiro atoms. The van der Waals surface area contributed by atoms with E-state index >= 15 is 0 Å². The molecule has 1 heterocycles. The van der Waals surface area contributed by atoms with Crippen LogP contribution in [0.1, 0.15) is 29.7 Å². The van der Waals surface area contributed by atoms with Gasteiger partial charge in [-0.1, -0.05) is 18.2 Å². The summed E-state index contributed by atoms with van der Waals surface area (Å²) in [6, 6.07) is 10.7. The number of nitrogens with one attached hydrogen (secondary N) is 2. The lowest BCUT2D eigenvalue weighted by Gasteiger charge is -2.21. The van der Waals surface area contributed by atoms with Gasteiger partial charge >= 0.3 is 0 Å². The van der Waals surface area contributed by atoms with Gasteiger partial charge in [0.2, 0.25) is 0 Å². The number of hydrogen-bond donors (Lipinski definition) is 2. The van der Waals surface area contributed by atoms with E-state index in [0.717, 1.165) is 11.1 Å². The quantitative estimate of drug-likeness (QED) is 0.644. The molecule has 1 aliphatic rings. The van der Waals surface area contributed by atoms with Crippen molar-refractivity contribution in [2.24, 2.45) is 0 Å². The van der Waals surface area contributed by atoms with Gasteiger partial charge in [0.25, 0.3) is 11.6 Å². The second-order valence-electron chi connectivity index (χ2n) is 6.01. The fraction of sp³-hybridized carbons (Fsp3) is 0.278. The van der Waals surface area contributed by atoms with Crippen LogP contribution in [0.3, 0.4) is 0 Å². The predicted octanol–water partition coefficient (Wildman–Crippen LogP) is 3.08. The Morgan fingerprint density at radius 2 is 2.16 bits per heavy atom. The van der Waals surface area contributed by atoms with Crippen LogP contribution < -0.4 is 15.4 Å². The summed E-state index contributed by atoms with van der Waals surface area (Å²) >= 11 is 0. The molecule has 7 heteroatoms. The maximum atomic E-state index is 11.4. The third-order valence-electron chi connectivity index (χ3n) is 4.35. The first-order valence-electron chi connectivity index (χ1n) is 7.98. The zero-order valence-electron chi connectivity index (χ0n) is 14.0. The summed E-state index contributed by atoms with van der Waals surface area (Å²) < 4.78 is 5.35. The van der Waals surface area contributed by atoms with Gasteiger partial charge in [-0.05, 0) is 37.1 Å². The number of nitro groups is 1. The number of fused-ring (bicyclic) bond motifs is 1. The molecule has 7 nitrogen and oxygen atoms in total. The van der Waals surface area contributed by atoms with E-state index in [1.807, 2.05) is 31.2 Å². The van der Waals surface area contributed by atoms with Gasteiger partial charge in [-0.2, -0.15) is 0 Å². The summed E-state index contributed by atoms with van der Waals surface area (Å²) in [5.74, 6) is 0.488. The zero-order valence-corrected chi connectivity index (χ0v) is 14.0. The summed E-state index contributed by atoms with van der Waals surface area (Å²) in [7, 11) is 0. The molecule has 2 aromatic carbocycles. The van der Waals surface area contributed by atoms with Gasteiger partial charge in [0.1, 0.15) is 5.75 Å². The molecule has 130 valence electrons. The van der Waals surface area contributed by atoms with Crippen molar-refractivity contribution in [2.75, 3.05) is 11.9 Å². The van der Waals surface area contributed by atoms with Crippen molar-refractivity contribution in [2.45, 2.75) is 26.4 Å². The molecular weight excluding hydrogens is 322 g/mol. The highest BCUT2D eigenvalue weighted by molar-refractivity contribution is 5.95. The van der Waals surface area contributed by atoms with Gasteiger partial charge in [0, 0.05) is 24.2 Å². The molecule has 25 heavy (non-hydrogen) atoms. The molecule has 2 aromatic rings. The Kier molecular flexibility index (Phi) is 4.67. The minimum Gasteiger partial charge on any atom is -0.482 e. The first-order valence-corrected chi connectivity index (χ1v) is 7.98. The molecule has 1 unspecified atom stereocenters. The molecule has 0 bridgehead atoms. The van der Waals surface area contributed by atoms with Crippen molar-refractivity contribution in [3.8, 4) is 5.75 Å². The first-order chi connectivity index (χ1) is 12.0. The highest BCUT2D eigenvalue weighted by Crippen LogP contribution is 2.30. The van der Waals surface area contributed by atoms with E-state index in [-0.39, 0.29) is 29.2 Å². The van der Waals surface area contributed by atoms with Gasteiger partial charge in [-0.25, -0.2) is 0 Å². The molecule has 3 rings (SSSR count). The second kappa shape index (κ2) is 6.90. The number of rotatable bonds is 5. The van der Waals surface area contributed by atoms with E-state index in [0.29, 0.717) is 23.5 Å². The number of hydrogen-bond acceptors (Lipinski definition) is 5. The maximum Gasteiger partial charge on any atom is 0.272 e. The summed E-state index contributed by atoms with van der Waals surface area (Å²) in [5.41, 5.74) is 3.33. The lowest BCUT2D eigenvalue weighted by atomic mass is 10.0. The van der Waals surface area contributed by atoms with Gasteiger partial charge in [0.05, 0.1) is 10.6 Å². The standard InChI is InChI=1S/C18H19N3O4/c1-11-14(4-3-5-16(11)21(23)24)9-19-12(2)13-6-7-17-15(8-13)20-18(22)10-25-17/h3-8,12,19H,9-10H2,1-2H3,(H,20,22). The number of amides is 1. The minimum absolute atomic E-state index is 0.00258. The number of nitrogens with zero attached hydrogens (tertiary/aromatic N) is 1. The van der Waals surface area contributed by atoms with Crippen LogP contribution in [0.4, 0.5) is 11.4 Å². The van der Waals surface area contributed by atoms with Crippen LogP contribution in [0.5, 0.6) is 5.75 Å². The number of ether oxygens (including phenoxy) is 1. The molecule has 0 saturated heterocycles. The Hall–Kier alpha value is -2.93. The Morgan fingerprint density at radius 1 is 1.36 bits per heavy atom. The van der Waals surface area contributed by atoms with Crippen molar-refractivity contribution >= 4 is 17.3 Å². The Labute approximate surface area is 145 Å². The fourth-order valence-electron chi connectivity index (χ4n) is 2.81. The molecule has 0 radical (unpaired) electrons. The highest BCUT2D eigenvalue weighted by atomic mass is 16.6. The Balaban J connectivity index is 1.72. The van der Waals surface area contributed by atoms with Crippen molar-refractivity contribution in [1.29, 1.82) is 0 Å². The molecule has 0 fully saturated rings. The SMILES string of the molecule is Cc1c(CNC(C)c2ccc3c(c2)NC(=O)CO3)cccc1[N+](=O)[O-]. The highest BCUT2D eigenvalue weighted by Gasteiger charge is 2.18. The second-order valence-corrected chi connectivity index (χ2v) is 6.01. The van der Waals surface area contributed by atoms with Crippen molar-refractivity contribution in [1.82, 2.24) is 5.32 Å². The van der Waals surface area contributed by atoms with Crippen LogP contribution in [-0.2, 0) is 11.3 Å². The molecule has 1 atom stereocenters. The van der Waals surface area contributed by atoms with Crippen LogP contribution in [0, 0.1) is 17.0 Å². The smallest absolute Gasteiger partial charge is 0.272 e. The molecule has 2 N–H and O–H groups in total. The van der Waals surface area contributed by atoms with E-state index < -0.39 is 0 Å². The minimum atomic E-state index is -0.367. The van der Waals surface area contributed by atoms with Crippen molar-refractivity contribution < 1.29 is 14.5 Å². The number of nitro benzene ring substituents is 1. The molecule has 0 saturated carbocycles. The van der Waals surface area contributed by atoms with Crippen LogP contribution in [0.25, 0.3) is 0 Å². The summed E-state index contributed by atoms with van der Waals surface area (Å²) in [5, 5.41) is 17.2. The van der Waals surface area contributed by atoms with Crippen molar-refractivity contribution in [3.63, 3.8) is 0 Å². The fourth-order valence-corrected chi connectivity index (χ4v) is 2.81. The van der Waals surface area contributed by atoms with E-state index in [4.69, 9.17) is 4.74 Å². The number of benzene rings is 2. The van der Waals surface area contributed by atoms with E-state index in [1.54, 1.807) is 13.0 Å². The molecular formula is C18H19N3O4. The van der Waals surface area contributed by atoms with E-state index in [9.17, 15) is 14.9 Å². The third kappa shape index (κ3) is 3.61. The van der Waals surface area contributed by atoms with Gasteiger partial charge < -0.3 is 15.4 Å². The topological polar surface area (TPSA) is 93.5 Å². The van der Waals surface area contributed by atoms with Crippen LogP contribution in [-0.4, -0.2) is 17.4 Å². The molecule has 1 aliphatic heterocycles. The molecule has 0 aliphatic carbocycles. The summed E-state index contributed by atoms with van der Waals surface area (Å²) in [6.45, 7) is 4.30. The zero-order chi connectivity index (χ0) is 18.0. The lowest BCUT2D eigenvalue weighted by Crippen LogP contribution is -2.26. The van der Waals surface area contributed by atoms with Crippen LogP contribution >= 0.6 is 0 Å². The number of anilines is 1. The normalized spacial score (nSPS) is 14.2. The number of carbonyl (C=O) groups excluding carboxylic acids is 1. The largest absolute Gasteiger partial charge is 0.482 e. The van der Waals surface area contributed by atoms with Gasteiger partial charge in [-0.3, -0.25) is 14.9 Å². The van der Waals surface area contributed by atoms with E-state index in [1.165, 1.54) is 6.07 Å². The van der Waals surface area contributed by atoms with Gasteiger partial charge in [-0.15, -0.1) is 0 Å². The molecule has 0 aromatic heterocycles.